The first kappa shape index (κ1) is 22.2. The Hall–Kier alpha value is -2.98. The maximum atomic E-state index is 13.3. The van der Waals surface area contributed by atoms with E-state index in [1.54, 1.807) is 18.2 Å². The third-order valence-corrected chi connectivity index (χ3v) is 7.01. The van der Waals surface area contributed by atoms with Crippen molar-refractivity contribution in [1.29, 1.82) is 0 Å². The molecule has 0 bridgehead atoms. The standard InChI is InChI=1S/C22H24FN3O5S/c23-16-4-1-3-14(9-16)12-32(29,30)13-20-22(28)26-19-10-15(6-7-18(19)25-20)21(27)24-11-17-5-2-8-31-17/h1,3-4,6-7,9-10,17,20,25H,2,5,8,11-13H2,(H,24,27)(H,26,28). The smallest absolute Gasteiger partial charge is 0.251 e. The Morgan fingerprint density at radius 2 is 2.03 bits per heavy atom. The van der Waals surface area contributed by atoms with E-state index in [1.807, 2.05) is 0 Å². The topological polar surface area (TPSA) is 114 Å². The summed E-state index contributed by atoms with van der Waals surface area (Å²) in [5, 5.41) is 8.42. The molecule has 1 saturated heterocycles. The Bertz CT molecular complexity index is 1130. The van der Waals surface area contributed by atoms with Crippen LogP contribution in [0.25, 0.3) is 0 Å². The highest BCUT2D eigenvalue weighted by Crippen LogP contribution is 2.28. The fourth-order valence-corrected chi connectivity index (χ4v) is 5.36. The predicted octanol–water partition coefficient (Wildman–Crippen LogP) is 2.08. The number of anilines is 2. The van der Waals surface area contributed by atoms with Crippen LogP contribution < -0.4 is 16.0 Å². The number of benzene rings is 2. The van der Waals surface area contributed by atoms with E-state index in [0.29, 0.717) is 35.7 Å². The normalized spacial score (nSPS) is 20.2. The summed E-state index contributed by atoms with van der Waals surface area (Å²) in [5.41, 5.74) is 1.62. The van der Waals surface area contributed by atoms with Gasteiger partial charge in [0.2, 0.25) is 5.91 Å². The number of carbonyl (C=O) groups is 2. The molecule has 4 rings (SSSR count). The van der Waals surface area contributed by atoms with Gasteiger partial charge in [-0.3, -0.25) is 9.59 Å². The van der Waals surface area contributed by atoms with Crippen LogP contribution in [0, 0.1) is 5.82 Å². The molecular weight excluding hydrogens is 437 g/mol. The molecule has 2 aliphatic rings. The van der Waals surface area contributed by atoms with Gasteiger partial charge in [-0.2, -0.15) is 0 Å². The number of ether oxygens (including phenoxy) is 1. The number of hydrogen-bond acceptors (Lipinski definition) is 6. The number of carbonyl (C=O) groups excluding carboxylic acids is 2. The predicted molar refractivity (Wildman–Crippen MR) is 118 cm³/mol. The summed E-state index contributed by atoms with van der Waals surface area (Å²) in [6.45, 7) is 1.13. The van der Waals surface area contributed by atoms with Gasteiger partial charge in [0, 0.05) is 18.7 Å². The van der Waals surface area contributed by atoms with Crippen LogP contribution in [-0.4, -0.2) is 51.3 Å². The van der Waals surface area contributed by atoms with E-state index in [4.69, 9.17) is 4.74 Å². The second kappa shape index (κ2) is 9.25. The van der Waals surface area contributed by atoms with Crippen LogP contribution in [0.5, 0.6) is 0 Å². The quantitative estimate of drug-likeness (QED) is 0.582. The summed E-state index contributed by atoms with van der Waals surface area (Å²) in [4.78, 5) is 24.9. The number of sulfone groups is 1. The Labute approximate surface area is 185 Å². The fourth-order valence-electron chi connectivity index (χ4n) is 3.81. The second-order valence-corrected chi connectivity index (χ2v) is 10.1. The zero-order valence-corrected chi connectivity index (χ0v) is 18.1. The molecule has 2 unspecified atom stereocenters. The van der Waals surface area contributed by atoms with Crippen LogP contribution in [0.1, 0.15) is 28.8 Å². The minimum atomic E-state index is -3.69. The lowest BCUT2D eigenvalue weighted by atomic mass is 10.1. The van der Waals surface area contributed by atoms with Crippen molar-refractivity contribution in [2.45, 2.75) is 30.7 Å². The molecule has 3 N–H and O–H groups in total. The number of fused-ring (bicyclic) bond motifs is 1. The molecule has 10 heteroatoms. The van der Waals surface area contributed by atoms with Gasteiger partial charge in [-0.05, 0) is 48.7 Å². The summed E-state index contributed by atoms with van der Waals surface area (Å²) in [6.07, 6.45) is 1.91. The fraction of sp³-hybridized carbons (Fsp3) is 0.364. The molecule has 2 atom stereocenters. The van der Waals surface area contributed by atoms with Crippen molar-refractivity contribution < 1.29 is 27.1 Å². The molecule has 2 heterocycles. The Kier molecular flexibility index (Phi) is 6.43. The van der Waals surface area contributed by atoms with Crippen LogP contribution in [0.15, 0.2) is 42.5 Å². The molecule has 32 heavy (non-hydrogen) atoms. The molecule has 2 aliphatic heterocycles. The van der Waals surface area contributed by atoms with Gasteiger partial charge >= 0.3 is 0 Å². The largest absolute Gasteiger partial charge is 0.376 e. The van der Waals surface area contributed by atoms with Crippen molar-refractivity contribution in [3.8, 4) is 0 Å². The Morgan fingerprint density at radius 3 is 2.78 bits per heavy atom. The van der Waals surface area contributed by atoms with Crippen LogP contribution in [-0.2, 0) is 25.1 Å². The van der Waals surface area contributed by atoms with Gasteiger partial charge in [0.1, 0.15) is 11.9 Å². The number of nitrogens with one attached hydrogen (secondary N) is 3. The van der Waals surface area contributed by atoms with Crippen molar-refractivity contribution >= 4 is 33.0 Å². The third kappa shape index (κ3) is 5.43. The first-order valence-corrected chi connectivity index (χ1v) is 12.2. The average Bonchev–Trinajstić information content (AvgIpc) is 3.25. The highest BCUT2D eigenvalue weighted by atomic mass is 32.2. The van der Waals surface area contributed by atoms with Gasteiger partial charge in [0.05, 0.1) is 29.0 Å². The zero-order valence-electron chi connectivity index (χ0n) is 17.3. The number of halogens is 1. The molecule has 2 aromatic rings. The van der Waals surface area contributed by atoms with E-state index in [0.717, 1.165) is 18.9 Å². The average molecular weight is 462 g/mol. The third-order valence-electron chi connectivity index (χ3n) is 5.40. The SMILES string of the molecule is O=C(NCC1CCCO1)c1ccc2c(c1)NC(=O)C(CS(=O)(=O)Cc1cccc(F)c1)N2. The first-order chi connectivity index (χ1) is 15.3. The minimum Gasteiger partial charge on any atom is -0.376 e. The van der Waals surface area contributed by atoms with Crippen molar-refractivity contribution in [1.82, 2.24) is 5.32 Å². The van der Waals surface area contributed by atoms with Gasteiger partial charge in [0.15, 0.2) is 9.84 Å². The van der Waals surface area contributed by atoms with Gasteiger partial charge in [-0.25, -0.2) is 12.8 Å². The van der Waals surface area contributed by atoms with Crippen molar-refractivity contribution in [2.24, 2.45) is 0 Å². The van der Waals surface area contributed by atoms with Crippen LogP contribution in [0.2, 0.25) is 0 Å². The molecule has 0 aliphatic carbocycles. The lowest BCUT2D eigenvalue weighted by molar-refractivity contribution is -0.116. The van der Waals surface area contributed by atoms with E-state index in [9.17, 15) is 22.4 Å². The van der Waals surface area contributed by atoms with Crippen LogP contribution in [0.3, 0.4) is 0 Å². The molecule has 170 valence electrons. The first-order valence-electron chi connectivity index (χ1n) is 10.4. The molecule has 0 radical (unpaired) electrons. The van der Waals surface area contributed by atoms with Crippen molar-refractivity contribution in [3.05, 3.63) is 59.4 Å². The van der Waals surface area contributed by atoms with Gasteiger partial charge in [-0.15, -0.1) is 0 Å². The molecule has 0 aromatic heterocycles. The maximum Gasteiger partial charge on any atom is 0.251 e. The molecule has 8 nitrogen and oxygen atoms in total. The van der Waals surface area contributed by atoms with Crippen LogP contribution in [0.4, 0.5) is 15.8 Å². The Morgan fingerprint density at radius 1 is 1.19 bits per heavy atom. The number of rotatable bonds is 7. The van der Waals surface area contributed by atoms with E-state index >= 15 is 0 Å². The van der Waals surface area contributed by atoms with Gasteiger partial charge in [0.25, 0.3) is 5.91 Å². The number of amides is 2. The lowest BCUT2D eigenvalue weighted by Gasteiger charge is -2.27. The summed E-state index contributed by atoms with van der Waals surface area (Å²) in [6, 6.07) is 9.14. The van der Waals surface area contributed by atoms with Crippen molar-refractivity contribution in [3.63, 3.8) is 0 Å². The molecule has 2 amide bonds. The molecule has 0 spiro atoms. The van der Waals surface area contributed by atoms with Gasteiger partial charge < -0.3 is 20.7 Å². The van der Waals surface area contributed by atoms with Crippen molar-refractivity contribution in [2.75, 3.05) is 29.5 Å². The monoisotopic (exact) mass is 461 g/mol. The maximum absolute atomic E-state index is 13.3. The highest BCUT2D eigenvalue weighted by molar-refractivity contribution is 7.90. The van der Waals surface area contributed by atoms with Gasteiger partial charge in [-0.1, -0.05) is 12.1 Å². The van der Waals surface area contributed by atoms with E-state index in [-0.39, 0.29) is 17.8 Å². The lowest BCUT2D eigenvalue weighted by Crippen LogP contribution is -2.43. The highest BCUT2D eigenvalue weighted by Gasteiger charge is 2.30. The summed E-state index contributed by atoms with van der Waals surface area (Å²) in [7, 11) is -3.69. The molecule has 0 saturated carbocycles. The van der Waals surface area contributed by atoms with E-state index in [1.165, 1.54) is 18.2 Å². The summed E-state index contributed by atoms with van der Waals surface area (Å²) in [5.74, 6) is -2.13. The molecule has 1 fully saturated rings. The number of hydrogen-bond donors (Lipinski definition) is 3. The minimum absolute atomic E-state index is 0.0213. The van der Waals surface area contributed by atoms with Crippen LogP contribution >= 0.6 is 0 Å². The second-order valence-electron chi connectivity index (χ2n) is 7.98. The van der Waals surface area contributed by atoms with E-state index < -0.39 is 33.4 Å². The Balaban J connectivity index is 1.39. The summed E-state index contributed by atoms with van der Waals surface area (Å²) < 4.78 is 43.9. The van der Waals surface area contributed by atoms with E-state index in [2.05, 4.69) is 16.0 Å². The summed E-state index contributed by atoms with van der Waals surface area (Å²) >= 11 is 0. The molecular formula is C22H24FN3O5S. The zero-order chi connectivity index (χ0) is 22.7. The molecule has 2 aromatic carbocycles.